The average Bonchev–Trinajstić information content (AvgIpc) is 3.27. The van der Waals surface area contributed by atoms with Crippen LogP contribution >= 0.6 is 0 Å². The standard InChI is InChI=1S/C27H35N5O4S/c1-27(2,3)25(33)22-16-28-26-24(22)30-23(17-29-26)18-13-19(32-9-11-37(34,35)12-10-32)15-21(14-18)36-20-5-7-31(4)8-6-20/h13-17,20H,5-12H2,1-4H3,(H,28,29). The number of anilines is 1. The monoisotopic (exact) mass is 525 g/mol. The van der Waals surface area contributed by atoms with Gasteiger partial charge in [-0.2, -0.15) is 0 Å². The summed E-state index contributed by atoms with van der Waals surface area (Å²) in [7, 11) is -0.883. The van der Waals surface area contributed by atoms with E-state index in [1.807, 2.05) is 39.0 Å². The SMILES string of the molecule is CN1CCC(Oc2cc(-c3cnc4[nH]cc(C(=O)C(C)(C)C)c4n3)cc(N3CCS(=O)(=O)CC3)c2)CC1. The quantitative estimate of drug-likeness (QED) is 0.504. The molecule has 0 unspecified atom stereocenters. The lowest BCUT2D eigenvalue weighted by atomic mass is 9.87. The Kier molecular flexibility index (Phi) is 6.74. The number of hydrogen-bond donors (Lipinski definition) is 1. The van der Waals surface area contributed by atoms with E-state index in [0.29, 0.717) is 35.5 Å². The van der Waals surface area contributed by atoms with Gasteiger partial charge in [0, 0.05) is 55.1 Å². The van der Waals surface area contributed by atoms with Crippen LogP contribution in [-0.2, 0) is 9.84 Å². The number of nitrogens with zero attached hydrogens (tertiary/aromatic N) is 4. The molecular weight excluding hydrogens is 490 g/mol. The number of sulfone groups is 1. The van der Waals surface area contributed by atoms with Crippen LogP contribution in [-0.4, -0.2) is 84.9 Å². The van der Waals surface area contributed by atoms with E-state index in [1.54, 1.807) is 12.4 Å². The zero-order valence-corrected chi connectivity index (χ0v) is 22.8. The molecule has 37 heavy (non-hydrogen) atoms. The summed E-state index contributed by atoms with van der Waals surface area (Å²) in [4.78, 5) is 29.9. The van der Waals surface area contributed by atoms with Crippen LogP contribution in [0.3, 0.4) is 0 Å². The highest BCUT2D eigenvalue weighted by Gasteiger charge is 2.27. The number of aromatic amines is 1. The Balaban J connectivity index is 1.53. The van der Waals surface area contributed by atoms with Crippen molar-refractivity contribution in [2.75, 3.05) is 49.6 Å². The molecule has 2 aliphatic heterocycles. The molecule has 0 spiro atoms. The van der Waals surface area contributed by atoms with Gasteiger partial charge in [0.25, 0.3) is 0 Å². The fraction of sp³-hybridized carbons (Fsp3) is 0.519. The minimum Gasteiger partial charge on any atom is -0.490 e. The van der Waals surface area contributed by atoms with Gasteiger partial charge in [-0.1, -0.05) is 20.8 Å². The van der Waals surface area contributed by atoms with E-state index >= 15 is 0 Å². The first kappa shape index (κ1) is 25.7. The fourth-order valence-corrected chi connectivity index (χ4v) is 6.06. The van der Waals surface area contributed by atoms with Gasteiger partial charge in [-0.05, 0) is 32.0 Å². The number of fused-ring (bicyclic) bond motifs is 1. The van der Waals surface area contributed by atoms with Crippen LogP contribution in [0.25, 0.3) is 22.4 Å². The third-order valence-corrected chi connectivity index (χ3v) is 8.78. The lowest BCUT2D eigenvalue weighted by Gasteiger charge is -2.31. The maximum Gasteiger partial charge on any atom is 0.171 e. The van der Waals surface area contributed by atoms with Gasteiger partial charge in [0.15, 0.2) is 21.3 Å². The summed E-state index contributed by atoms with van der Waals surface area (Å²) >= 11 is 0. The smallest absolute Gasteiger partial charge is 0.171 e. The van der Waals surface area contributed by atoms with Gasteiger partial charge < -0.3 is 19.5 Å². The second kappa shape index (κ2) is 9.72. The number of nitrogens with one attached hydrogen (secondary N) is 1. The Bertz CT molecular complexity index is 1400. The number of ketones is 1. The van der Waals surface area contributed by atoms with Crippen molar-refractivity contribution in [2.24, 2.45) is 5.41 Å². The van der Waals surface area contributed by atoms with Gasteiger partial charge in [-0.3, -0.25) is 4.79 Å². The molecule has 10 heteroatoms. The van der Waals surface area contributed by atoms with Crippen LogP contribution in [0, 0.1) is 5.41 Å². The Morgan fingerprint density at radius 2 is 1.78 bits per heavy atom. The van der Waals surface area contributed by atoms with E-state index in [9.17, 15) is 13.2 Å². The number of carbonyl (C=O) groups is 1. The number of likely N-dealkylation sites (tertiary alicyclic amines) is 1. The topological polar surface area (TPSA) is 108 Å². The number of aromatic nitrogens is 3. The second-order valence-corrected chi connectivity index (χ2v) is 13.5. The summed E-state index contributed by atoms with van der Waals surface area (Å²) in [5, 5.41) is 0. The van der Waals surface area contributed by atoms with Gasteiger partial charge in [-0.25, -0.2) is 18.4 Å². The summed E-state index contributed by atoms with van der Waals surface area (Å²) in [6.45, 7) is 8.52. The predicted octanol–water partition coefficient (Wildman–Crippen LogP) is 3.56. The van der Waals surface area contributed by atoms with Gasteiger partial charge in [-0.15, -0.1) is 0 Å². The molecule has 9 nitrogen and oxygen atoms in total. The van der Waals surface area contributed by atoms with E-state index < -0.39 is 15.3 Å². The van der Waals surface area contributed by atoms with Crippen molar-refractivity contribution in [1.29, 1.82) is 0 Å². The van der Waals surface area contributed by atoms with Crippen LogP contribution < -0.4 is 9.64 Å². The molecule has 0 radical (unpaired) electrons. The molecule has 0 atom stereocenters. The van der Waals surface area contributed by atoms with Gasteiger partial charge in [0.1, 0.15) is 17.4 Å². The zero-order chi connectivity index (χ0) is 26.4. The number of H-pyrrole nitrogens is 1. The van der Waals surface area contributed by atoms with E-state index in [4.69, 9.17) is 9.72 Å². The Morgan fingerprint density at radius 3 is 2.46 bits per heavy atom. The van der Waals surface area contributed by atoms with E-state index in [2.05, 4.69) is 26.8 Å². The lowest BCUT2D eigenvalue weighted by molar-refractivity contribution is 0.0860. The Morgan fingerprint density at radius 1 is 1.08 bits per heavy atom. The van der Waals surface area contributed by atoms with E-state index in [1.165, 1.54) is 0 Å². The highest BCUT2D eigenvalue weighted by Crippen LogP contribution is 2.33. The average molecular weight is 526 g/mol. The molecule has 0 amide bonds. The number of Topliss-reactive ketones (excluding diaryl/α,β-unsaturated/α-hetero) is 1. The lowest BCUT2D eigenvalue weighted by Crippen LogP contribution is -2.40. The molecule has 0 aliphatic carbocycles. The molecule has 198 valence electrons. The molecule has 1 N–H and O–H groups in total. The molecule has 2 aromatic heterocycles. The molecule has 1 aromatic carbocycles. The highest BCUT2D eigenvalue weighted by atomic mass is 32.2. The van der Waals surface area contributed by atoms with Crippen molar-refractivity contribution in [1.82, 2.24) is 19.9 Å². The molecular formula is C27H35N5O4S. The summed E-state index contributed by atoms with van der Waals surface area (Å²) in [5.74, 6) is 1.00. The first-order chi connectivity index (χ1) is 17.5. The maximum atomic E-state index is 13.0. The summed E-state index contributed by atoms with van der Waals surface area (Å²) in [6.07, 6.45) is 5.40. The van der Waals surface area contributed by atoms with Gasteiger partial charge in [0.2, 0.25) is 0 Å². The molecule has 3 aromatic rings. The summed E-state index contributed by atoms with van der Waals surface area (Å²) in [5.41, 5.74) is 3.44. The molecule has 0 saturated carbocycles. The molecule has 4 heterocycles. The fourth-order valence-electron chi connectivity index (χ4n) is 4.86. The van der Waals surface area contributed by atoms with Crippen molar-refractivity contribution in [3.05, 3.63) is 36.2 Å². The van der Waals surface area contributed by atoms with E-state index in [-0.39, 0.29) is 23.4 Å². The van der Waals surface area contributed by atoms with Crippen molar-refractivity contribution < 1.29 is 17.9 Å². The van der Waals surface area contributed by atoms with Crippen molar-refractivity contribution >= 4 is 32.5 Å². The largest absolute Gasteiger partial charge is 0.490 e. The molecule has 5 rings (SSSR count). The van der Waals surface area contributed by atoms with Gasteiger partial charge >= 0.3 is 0 Å². The molecule has 2 fully saturated rings. The highest BCUT2D eigenvalue weighted by molar-refractivity contribution is 7.91. The number of carbonyl (C=O) groups excluding carboxylic acids is 1. The van der Waals surface area contributed by atoms with Crippen LogP contribution in [0.4, 0.5) is 5.69 Å². The first-order valence-electron chi connectivity index (χ1n) is 12.8. The Hall–Kier alpha value is -2.98. The van der Waals surface area contributed by atoms with Crippen molar-refractivity contribution in [3.8, 4) is 17.0 Å². The third-order valence-electron chi connectivity index (χ3n) is 7.17. The van der Waals surface area contributed by atoms with Gasteiger partial charge in [0.05, 0.1) is 29.0 Å². The Labute approximate surface area is 218 Å². The van der Waals surface area contributed by atoms with Crippen molar-refractivity contribution in [2.45, 2.75) is 39.7 Å². The second-order valence-electron chi connectivity index (χ2n) is 11.2. The van der Waals surface area contributed by atoms with Crippen LogP contribution in [0.2, 0.25) is 0 Å². The number of benzene rings is 1. The zero-order valence-electron chi connectivity index (χ0n) is 22.0. The van der Waals surface area contributed by atoms with Crippen LogP contribution in [0.15, 0.2) is 30.6 Å². The minimum atomic E-state index is -3.00. The molecule has 2 saturated heterocycles. The normalized spacial score (nSPS) is 19.3. The molecule has 0 bridgehead atoms. The van der Waals surface area contributed by atoms with Crippen LogP contribution in [0.1, 0.15) is 44.0 Å². The number of piperidine rings is 1. The van der Waals surface area contributed by atoms with Crippen molar-refractivity contribution in [3.63, 3.8) is 0 Å². The summed E-state index contributed by atoms with van der Waals surface area (Å²) < 4.78 is 30.5. The third kappa shape index (κ3) is 5.65. The minimum absolute atomic E-state index is 0.000217. The number of hydrogen-bond acceptors (Lipinski definition) is 8. The number of ether oxygens (including phenoxy) is 1. The van der Waals surface area contributed by atoms with Crippen LogP contribution in [0.5, 0.6) is 5.75 Å². The first-order valence-corrected chi connectivity index (χ1v) is 14.7. The number of rotatable bonds is 5. The summed E-state index contributed by atoms with van der Waals surface area (Å²) in [6, 6.07) is 5.97. The molecule has 2 aliphatic rings. The maximum absolute atomic E-state index is 13.0. The van der Waals surface area contributed by atoms with E-state index in [0.717, 1.165) is 42.9 Å². The predicted molar refractivity (Wildman–Crippen MR) is 145 cm³/mol.